The highest BCUT2D eigenvalue weighted by Gasteiger charge is 2.31. The van der Waals surface area contributed by atoms with E-state index in [4.69, 9.17) is 0 Å². The van der Waals surface area contributed by atoms with Gasteiger partial charge in [0.25, 0.3) is 0 Å². The zero-order valence-corrected chi connectivity index (χ0v) is 13.2. The quantitative estimate of drug-likeness (QED) is 0.823. The Morgan fingerprint density at radius 2 is 1.79 bits per heavy atom. The van der Waals surface area contributed by atoms with Crippen LogP contribution in [0, 0.1) is 25.2 Å². The second-order valence-corrected chi connectivity index (χ2v) is 7.13. The smallest absolute Gasteiger partial charge is 0.0348 e. The Hall–Kier alpha value is -0.820. The van der Waals surface area contributed by atoms with Crippen LogP contribution in [0.15, 0.2) is 18.2 Å². The maximum atomic E-state index is 3.58. The van der Waals surface area contributed by atoms with Gasteiger partial charge in [0.1, 0.15) is 0 Å². The molecule has 1 aromatic rings. The molecule has 0 saturated heterocycles. The third-order valence-electron chi connectivity index (χ3n) is 4.93. The lowest BCUT2D eigenvalue weighted by atomic mass is 9.70. The summed E-state index contributed by atoms with van der Waals surface area (Å²) in [5, 5.41) is 3.58. The summed E-state index contributed by atoms with van der Waals surface area (Å²) in [5.74, 6) is 0.791. The van der Waals surface area contributed by atoms with Gasteiger partial charge in [0, 0.05) is 6.04 Å². The second-order valence-electron chi connectivity index (χ2n) is 7.13. The molecular weight excluding hydrogens is 230 g/mol. The molecule has 0 heterocycles. The largest absolute Gasteiger partial charge is 0.313 e. The minimum Gasteiger partial charge on any atom is -0.313 e. The Bertz CT molecular complexity index is 423. The molecule has 1 atom stereocenters. The van der Waals surface area contributed by atoms with Gasteiger partial charge in [-0.05, 0) is 69.0 Å². The van der Waals surface area contributed by atoms with E-state index in [1.165, 1.54) is 42.4 Å². The molecule has 1 aliphatic carbocycles. The highest BCUT2D eigenvalue weighted by Crippen LogP contribution is 2.43. The van der Waals surface area contributed by atoms with E-state index in [0.29, 0.717) is 11.5 Å². The van der Waals surface area contributed by atoms with E-state index >= 15 is 0 Å². The van der Waals surface area contributed by atoms with Crippen LogP contribution in [0.3, 0.4) is 0 Å². The third kappa shape index (κ3) is 3.39. The molecule has 0 spiro atoms. The first-order valence-electron chi connectivity index (χ1n) is 7.67. The first-order valence-corrected chi connectivity index (χ1v) is 7.67. The summed E-state index contributed by atoms with van der Waals surface area (Å²) in [6, 6.07) is 7.41. The predicted octanol–water partition coefficient (Wildman–Crippen LogP) is 4.78. The van der Waals surface area contributed by atoms with E-state index < -0.39 is 0 Å². The topological polar surface area (TPSA) is 12.0 Å². The van der Waals surface area contributed by atoms with Crippen LogP contribution in [-0.4, -0.2) is 7.05 Å². The molecular formula is C18H29N. The number of hydrogen-bond acceptors (Lipinski definition) is 1. The Morgan fingerprint density at radius 1 is 1.16 bits per heavy atom. The van der Waals surface area contributed by atoms with Crippen LogP contribution in [0.1, 0.15) is 62.3 Å². The molecule has 0 aromatic heterocycles. The number of rotatable bonds is 3. The second kappa shape index (κ2) is 5.66. The van der Waals surface area contributed by atoms with E-state index in [2.05, 4.69) is 58.3 Å². The lowest BCUT2D eigenvalue weighted by Gasteiger charge is -2.38. The molecule has 19 heavy (non-hydrogen) atoms. The fraction of sp³-hybridized carbons (Fsp3) is 0.667. The van der Waals surface area contributed by atoms with Gasteiger partial charge in [-0.3, -0.25) is 0 Å². The van der Waals surface area contributed by atoms with Crippen molar-refractivity contribution in [1.82, 2.24) is 5.32 Å². The molecule has 0 radical (unpaired) electrons. The molecule has 1 saturated carbocycles. The number of benzene rings is 1. The molecule has 1 aromatic carbocycles. The standard InChI is InChI=1S/C18H29N/c1-13-6-7-16(14(2)12-13)17(19-5)15-8-10-18(3,4)11-9-15/h6-7,12,15,17,19H,8-11H2,1-5H3. The van der Waals surface area contributed by atoms with E-state index in [-0.39, 0.29) is 0 Å². The summed E-state index contributed by atoms with van der Waals surface area (Å²) in [5.41, 5.74) is 4.85. The SMILES string of the molecule is CNC(c1ccc(C)cc1C)C1CCC(C)(C)CC1. The average Bonchev–Trinajstić information content (AvgIpc) is 2.34. The highest BCUT2D eigenvalue weighted by atomic mass is 14.9. The summed E-state index contributed by atoms with van der Waals surface area (Å²) in [7, 11) is 2.11. The zero-order valence-electron chi connectivity index (χ0n) is 13.2. The van der Waals surface area contributed by atoms with E-state index in [1.54, 1.807) is 0 Å². The minimum atomic E-state index is 0.525. The molecule has 1 unspecified atom stereocenters. The minimum absolute atomic E-state index is 0.525. The molecule has 106 valence electrons. The van der Waals surface area contributed by atoms with Crippen molar-refractivity contribution in [2.75, 3.05) is 7.05 Å². The molecule has 1 N–H and O–H groups in total. The van der Waals surface area contributed by atoms with Crippen molar-refractivity contribution in [3.05, 3.63) is 34.9 Å². The van der Waals surface area contributed by atoms with Gasteiger partial charge in [0.05, 0.1) is 0 Å². The monoisotopic (exact) mass is 259 g/mol. The van der Waals surface area contributed by atoms with Crippen LogP contribution < -0.4 is 5.32 Å². The summed E-state index contributed by atoms with van der Waals surface area (Å²) in [6.45, 7) is 9.25. The maximum Gasteiger partial charge on any atom is 0.0348 e. The van der Waals surface area contributed by atoms with Crippen molar-refractivity contribution in [3.8, 4) is 0 Å². The number of hydrogen-bond donors (Lipinski definition) is 1. The van der Waals surface area contributed by atoms with Crippen molar-refractivity contribution >= 4 is 0 Å². The normalized spacial score (nSPS) is 21.3. The van der Waals surface area contributed by atoms with Crippen molar-refractivity contribution in [3.63, 3.8) is 0 Å². The Kier molecular flexibility index (Phi) is 4.35. The molecule has 2 rings (SSSR count). The zero-order chi connectivity index (χ0) is 14.0. The fourth-order valence-corrected chi connectivity index (χ4v) is 3.57. The van der Waals surface area contributed by atoms with Crippen LogP contribution in [0.5, 0.6) is 0 Å². The van der Waals surface area contributed by atoms with Gasteiger partial charge in [-0.15, -0.1) is 0 Å². The van der Waals surface area contributed by atoms with Gasteiger partial charge < -0.3 is 5.32 Å². The summed E-state index contributed by atoms with van der Waals surface area (Å²) in [4.78, 5) is 0. The Morgan fingerprint density at radius 3 is 2.32 bits per heavy atom. The van der Waals surface area contributed by atoms with E-state index in [1.807, 2.05) is 0 Å². The van der Waals surface area contributed by atoms with Gasteiger partial charge in [0.2, 0.25) is 0 Å². The first kappa shape index (κ1) is 14.6. The fourth-order valence-electron chi connectivity index (χ4n) is 3.57. The van der Waals surface area contributed by atoms with Gasteiger partial charge in [0.15, 0.2) is 0 Å². The predicted molar refractivity (Wildman–Crippen MR) is 83.5 cm³/mol. The van der Waals surface area contributed by atoms with E-state index in [9.17, 15) is 0 Å². The lowest BCUT2D eigenvalue weighted by molar-refractivity contribution is 0.164. The maximum absolute atomic E-state index is 3.58. The number of aryl methyl sites for hydroxylation is 2. The first-order chi connectivity index (χ1) is 8.93. The van der Waals surface area contributed by atoms with Crippen LogP contribution in [0.4, 0.5) is 0 Å². The van der Waals surface area contributed by atoms with E-state index in [0.717, 1.165) is 5.92 Å². The average molecular weight is 259 g/mol. The molecule has 0 amide bonds. The van der Waals surface area contributed by atoms with Crippen molar-refractivity contribution in [1.29, 1.82) is 0 Å². The van der Waals surface area contributed by atoms with Crippen LogP contribution in [-0.2, 0) is 0 Å². The highest BCUT2D eigenvalue weighted by molar-refractivity contribution is 5.33. The molecule has 1 heteroatoms. The van der Waals surface area contributed by atoms with Gasteiger partial charge in [-0.25, -0.2) is 0 Å². The van der Waals surface area contributed by atoms with Gasteiger partial charge in [-0.1, -0.05) is 37.6 Å². The van der Waals surface area contributed by atoms with Crippen LogP contribution in [0.25, 0.3) is 0 Å². The molecule has 1 fully saturated rings. The number of nitrogens with one attached hydrogen (secondary N) is 1. The summed E-state index contributed by atoms with van der Waals surface area (Å²) >= 11 is 0. The van der Waals surface area contributed by atoms with Gasteiger partial charge >= 0.3 is 0 Å². The Labute approximate surface area is 118 Å². The van der Waals surface area contributed by atoms with Gasteiger partial charge in [-0.2, -0.15) is 0 Å². The van der Waals surface area contributed by atoms with Crippen molar-refractivity contribution in [2.45, 2.75) is 59.4 Å². The summed E-state index contributed by atoms with van der Waals surface area (Å²) < 4.78 is 0. The molecule has 1 aliphatic rings. The Balaban J connectivity index is 2.16. The van der Waals surface area contributed by atoms with Crippen molar-refractivity contribution in [2.24, 2.45) is 11.3 Å². The lowest BCUT2D eigenvalue weighted by Crippen LogP contribution is -2.31. The van der Waals surface area contributed by atoms with Crippen LogP contribution >= 0.6 is 0 Å². The molecule has 1 nitrogen and oxygen atoms in total. The summed E-state index contributed by atoms with van der Waals surface area (Å²) in [6.07, 6.45) is 5.43. The third-order valence-corrected chi connectivity index (χ3v) is 4.93. The molecule has 0 bridgehead atoms. The van der Waals surface area contributed by atoms with Crippen molar-refractivity contribution < 1.29 is 0 Å². The molecule has 0 aliphatic heterocycles. The van der Waals surface area contributed by atoms with Crippen LogP contribution in [0.2, 0.25) is 0 Å².